The lowest BCUT2D eigenvalue weighted by molar-refractivity contribution is 0.202. The summed E-state index contributed by atoms with van der Waals surface area (Å²) in [6.07, 6.45) is 0. The molecular formula is C16H22N2. The average molecular weight is 242 g/mol. The van der Waals surface area contributed by atoms with Crippen LogP contribution in [0.3, 0.4) is 0 Å². The fraction of sp³-hybridized carbons (Fsp3) is 0.375. The SMILES string of the molecule is CC(C)N(C)C(CN)c1cccc2ccccc12. The number of nitrogens with two attached hydrogens (primary N) is 1. The zero-order valence-corrected chi connectivity index (χ0v) is 11.4. The van der Waals surface area contributed by atoms with Gasteiger partial charge in [0.05, 0.1) is 0 Å². The second kappa shape index (κ2) is 5.51. The van der Waals surface area contributed by atoms with Gasteiger partial charge in [0.2, 0.25) is 0 Å². The van der Waals surface area contributed by atoms with E-state index < -0.39 is 0 Å². The monoisotopic (exact) mass is 242 g/mol. The normalized spacial score (nSPS) is 13.4. The van der Waals surface area contributed by atoms with Crippen LogP contribution in [0.15, 0.2) is 42.5 Å². The molecule has 0 aromatic heterocycles. The largest absolute Gasteiger partial charge is 0.329 e. The van der Waals surface area contributed by atoms with E-state index in [4.69, 9.17) is 5.73 Å². The minimum absolute atomic E-state index is 0.274. The second-order valence-corrected chi connectivity index (χ2v) is 5.08. The lowest BCUT2D eigenvalue weighted by atomic mass is 9.97. The van der Waals surface area contributed by atoms with Crippen molar-refractivity contribution in [2.45, 2.75) is 25.9 Å². The molecule has 1 unspecified atom stereocenters. The molecule has 0 saturated carbocycles. The molecule has 0 aliphatic heterocycles. The van der Waals surface area contributed by atoms with Crippen LogP contribution in [0.1, 0.15) is 25.5 Å². The summed E-state index contributed by atoms with van der Waals surface area (Å²) < 4.78 is 0. The number of nitrogens with zero attached hydrogens (tertiary/aromatic N) is 1. The molecule has 0 heterocycles. The third-order valence-corrected chi connectivity index (χ3v) is 3.71. The summed E-state index contributed by atoms with van der Waals surface area (Å²) >= 11 is 0. The molecule has 2 aromatic rings. The fourth-order valence-corrected chi connectivity index (χ4v) is 2.41. The maximum absolute atomic E-state index is 5.99. The number of benzene rings is 2. The van der Waals surface area contributed by atoms with E-state index in [2.05, 4.69) is 68.3 Å². The van der Waals surface area contributed by atoms with E-state index in [0.717, 1.165) is 0 Å². The van der Waals surface area contributed by atoms with E-state index in [1.165, 1.54) is 16.3 Å². The van der Waals surface area contributed by atoms with E-state index in [0.29, 0.717) is 12.6 Å². The zero-order chi connectivity index (χ0) is 13.1. The van der Waals surface area contributed by atoms with E-state index in [9.17, 15) is 0 Å². The van der Waals surface area contributed by atoms with Crippen LogP contribution in [0, 0.1) is 0 Å². The van der Waals surface area contributed by atoms with Crippen molar-refractivity contribution in [1.82, 2.24) is 4.90 Å². The Morgan fingerprint density at radius 3 is 2.39 bits per heavy atom. The predicted molar refractivity (Wildman–Crippen MR) is 78.6 cm³/mol. The number of likely N-dealkylation sites (N-methyl/N-ethyl adjacent to an activating group) is 1. The van der Waals surface area contributed by atoms with Gasteiger partial charge in [-0.3, -0.25) is 4.90 Å². The summed E-state index contributed by atoms with van der Waals surface area (Å²) in [7, 11) is 2.14. The molecule has 0 amide bonds. The summed E-state index contributed by atoms with van der Waals surface area (Å²) in [6.45, 7) is 5.05. The lowest BCUT2D eigenvalue weighted by Crippen LogP contribution is -2.35. The fourth-order valence-electron chi connectivity index (χ4n) is 2.41. The smallest absolute Gasteiger partial charge is 0.0476 e. The van der Waals surface area contributed by atoms with Gasteiger partial charge in [-0.25, -0.2) is 0 Å². The summed E-state index contributed by atoms with van der Waals surface area (Å²) in [6, 6.07) is 15.7. The Labute approximate surface area is 109 Å². The molecule has 0 saturated heterocycles. The highest BCUT2D eigenvalue weighted by Gasteiger charge is 2.19. The van der Waals surface area contributed by atoms with Gasteiger partial charge in [-0.05, 0) is 37.2 Å². The third-order valence-electron chi connectivity index (χ3n) is 3.71. The lowest BCUT2D eigenvalue weighted by Gasteiger charge is -2.31. The Morgan fingerprint density at radius 2 is 1.72 bits per heavy atom. The Bertz CT molecular complexity index is 514. The molecule has 2 N–H and O–H groups in total. The quantitative estimate of drug-likeness (QED) is 0.892. The summed E-state index contributed by atoms with van der Waals surface area (Å²) in [5, 5.41) is 2.59. The van der Waals surface area contributed by atoms with Gasteiger partial charge in [0.25, 0.3) is 0 Å². The van der Waals surface area contributed by atoms with Crippen LogP contribution in [0.4, 0.5) is 0 Å². The van der Waals surface area contributed by atoms with Crippen molar-refractivity contribution >= 4 is 10.8 Å². The van der Waals surface area contributed by atoms with Crippen LogP contribution in [-0.4, -0.2) is 24.5 Å². The Kier molecular flexibility index (Phi) is 4.00. The first-order valence-corrected chi connectivity index (χ1v) is 6.54. The first kappa shape index (κ1) is 13.1. The van der Waals surface area contributed by atoms with Gasteiger partial charge in [0.1, 0.15) is 0 Å². The van der Waals surface area contributed by atoms with E-state index in [1.807, 2.05) is 0 Å². The van der Waals surface area contributed by atoms with Crippen LogP contribution in [0.5, 0.6) is 0 Å². The maximum Gasteiger partial charge on any atom is 0.0476 e. The van der Waals surface area contributed by atoms with Gasteiger partial charge in [0.15, 0.2) is 0 Å². The molecule has 2 nitrogen and oxygen atoms in total. The van der Waals surface area contributed by atoms with Crippen molar-refractivity contribution in [2.24, 2.45) is 5.73 Å². The molecule has 0 aliphatic rings. The number of hydrogen-bond donors (Lipinski definition) is 1. The predicted octanol–water partition coefficient (Wildman–Crippen LogP) is 3.18. The van der Waals surface area contributed by atoms with E-state index in [1.54, 1.807) is 0 Å². The van der Waals surface area contributed by atoms with Gasteiger partial charge in [-0.1, -0.05) is 42.5 Å². The summed E-state index contributed by atoms with van der Waals surface area (Å²) in [5.41, 5.74) is 7.32. The van der Waals surface area contributed by atoms with Crippen molar-refractivity contribution < 1.29 is 0 Å². The first-order valence-electron chi connectivity index (χ1n) is 6.54. The van der Waals surface area contributed by atoms with Gasteiger partial charge >= 0.3 is 0 Å². The van der Waals surface area contributed by atoms with Crippen LogP contribution in [-0.2, 0) is 0 Å². The van der Waals surface area contributed by atoms with Gasteiger partial charge in [0, 0.05) is 18.6 Å². The van der Waals surface area contributed by atoms with Crippen LogP contribution < -0.4 is 5.73 Å². The number of fused-ring (bicyclic) bond motifs is 1. The van der Waals surface area contributed by atoms with Crippen molar-refractivity contribution in [1.29, 1.82) is 0 Å². The molecule has 0 aliphatic carbocycles. The molecule has 0 bridgehead atoms. The molecule has 0 radical (unpaired) electrons. The second-order valence-electron chi connectivity index (χ2n) is 5.08. The molecule has 2 rings (SSSR count). The molecule has 0 spiro atoms. The molecule has 1 atom stereocenters. The number of rotatable bonds is 4. The van der Waals surface area contributed by atoms with E-state index >= 15 is 0 Å². The van der Waals surface area contributed by atoms with Gasteiger partial charge < -0.3 is 5.73 Å². The van der Waals surface area contributed by atoms with Crippen LogP contribution in [0.25, 0.3) is 10.8 Å². The summed E-state index contributed by atoms with van der Waals surface area (Å²) in [4.78, 5) is 2.34. The first-order chi connectivity index (χ1) is 8.65. The molecular weight excluding hydrogens is 220 g/mol. The highest BCUT2D eigenvalue weighted by Crippen LogP contribution is 2.27. The zero-order valence-electron chi connectivity index (χ0n) is 11.4. The average Bonchev–Trinajstić information content (AvgIpc) is 2.39. The molecule has 18 heavy (non-hydrogen) atoms. The Hall–Kier alpha value is -1.38. The van der Waals surface area contributed by atoms with E-state index in [-0.39, 0.29) is 6.04 Å². The minimum atomic E-state index is 0.274. The molecule has 2 heteroatoms. The minimum Gasteiger partial charge on any atom is -0.329 e. The van der Waals surface area contributed by atoms with Crippen molar-refractivity contribution in [3.8, 4) is 0 Å². The molecule has 0 fully saturated rings. The third kappa shape index (κ3) is 2.40. The number of hydrogen-bond acceptors (Lipinski definition) is 2. The maximum atomic E-state index is 5.99. The summed E-state index contributed by atoms with van der Waals surface area (Å²) in [5.74, 6) is 0. The van der Waals surface area contributed by atoms with Gasteiger partial charge in [-0.2, -0.15) is 0 Å². The Balaban J connectivity index is 2.51. The molecule has 96 valence electrons. The van der Waals surface area contributed by atoms with Crippen molar-refractivity contribution in [3.05, 3.63) is 48.0 Å². The standard InChI is InChI=1S/C16H22N2/c1-12(2)18(3)16(11-17)15-10-6-8-13-7-4-5-9-14(13)15/h4-10,12,16H,11,17H2,1-3H3. The topological polar surface area (TPSA) is 29.3 Å². The van der Waals surface area contributed by atoms with Crippen LogP contribution >= 0.6 is 0 Å². The Morgan fingerprint density at radius 1 is 1.06 bits per heavy atom. The van der Waals surface area contributed by atoms with Crippen molar-refractivity contribution in [2.75, 3.05) is 13.6 Å². The molecule has 2 aromatic carbocycles. The van der Waals surface area contributed by atoms with Crippen LogP contribution in [0.2, 0.25) is 0 Å². The van der Waals surface area contributed by atoms with Crippen molar-refractivity contribution in [3.63, 3.8) is 0 Å². The highest BCUT2D eigenvalue weighted by atomic mass is 15.2. The van der Waals surface area contributed by atoms with Gasteiger partial charge in [-0.15, -0.1) is 0 Å². The highest BCUT2D eigenvalue weighted by molar-refractivity contribution is 5.86.